The normalized spacial score (nSPS) is 17.9. The molecule has 0 radical (unpaired) electrons. The molecular formula is C19H26N4O2S. The van der Waals surface area contributed by atoms with E-state index in [0.29, 0.717) is 18.8 Å². The van der Waals surface area contributed by atoms with Crippen molar-refractivity contribution in [2.45, 2.75) is 32.5 Å². The number of hydrogen-bond acceptors (Lipinski definition) is 5. The van der Waals surface area contributed by atoms with Crippen LogP contribution in [0.5, 0.6) is 5.75 Å². The molecule has 0 aliphatic carbocycles. The molecule has 2 heterocycles. The number of carbonyl (C=O) groups excluding carboxylic acids is 1. The lowest BCUT2D eigenvalue weighted by Crippen LogP contribution is -2.51. The zero-order valence-corrected chi connectivity index (χ0v) is 16.3. The van der Waals surface area contributed by atoms with E-state index in [9.17, 15) is 4.79 Å². The number of para-hydroxylation sites is 1. The Kier molecular flexibility index (Phi) is 5.58. The van der Waals surface area contributed by atoms with E-state index in [4.69, 9.17) is 15.5 Å². The summed E-state index contributed by atoms with van der Waals surface area (Å²) in [5.74, 6) is 2.17. The summed E-state index contributed by atoms with van der Waals surface area (Å²) in [6.07, 6.45) is 2.04. The average molecular weight is 375 g/mol. The largest absolute Gasteiger partial charge is 0.496 e. The highest BCUT2D eigenvalue weighted by atomic mass is 32.1. The number of hydrogen-bond donors (Lipinski definition) is 2. The molecule has 6 nitrogen and oxygen atoms in total. The predicted octanol–water partition coefficient (Wildman–Crippen LogP) is 2.36. The van der Waals surface area contributed by atoms with E-state index in [2.05, 4.69) is 31.0 Å². The van der Waals surface area contributed by atoms with Gasteiger partial charge in [0.05, 0.1) is 24.9 Å². The third kappa shape index (κ3) is 3.33. The molecule has 0 saturated heterocycles. The molecule has 0 bridgehead atoms. The van der Waals surface area contributed by atoms with Crippen LogP contribution in [0.4, 0.5) is 0 Å². The number of nitrogens with two attached hydrogens (primary N) is 1. The minimum absolute atomic E-state index is 0.0632. The van der Waals surface area contributed by atoms with E-state index in [1.807, 2.05) is 35.4 Å². The molecule has 0 fully saturated rings. The third-order valence-electron chi connectivity index (χ3n) is 4.80. The molecule has 0 saturated carbocycles. The Bertz CT molecular complexity index is 790. The number of benzene rings is 1. The Morgan fingerprint density at radius 2 is 2.12 bits per heavy atom. The second-order valence-electron chi connectivity index (χ2n) is 6.89. The molecule has 1 aliphatic rings. The fraction of sp³-hybridized carbons (Fsp3) is 0.474. The maximum atomic E-state index is 12.7. The van der Waals surface area contributed by atoms with Crippen LogP contribution < -0.4 is 10.5 Å². The maximum absolute atomic E-state index is 12.7. The lowest BCUT2D eigenvalue weighted by Gasteiger charge is -2.39. The van der Waals surface area contributed by atoms with E-state index in [1.165, 1.54) is 0 Å². The van der Waals surface area contributed by atoms with E-state index in [1.54, 1.807) is 7.11 Å². The lowest BCUT2D eigenvalue weighted by atomic mass is 9.99. The minimum atomic E-state index is -0.588. The van der Waals surface area contributed by atoms with Gasteiger partial charge in [0.1, 0.15) is 11.6 Å². The van der Waals surface area contributed by atoms with Gasteiger partial charge in [-0.05, 0) is 18.1 Å². The van der Waals surface area contributed by atoms with Gasteiger partial charge in [0, 0.05) is 30.6 Å². The highest BCUT2D eigenvalue weighted by molar-refractivity contribution is 7.80. The Morgan fingerprint density at radius 1 is 1.38 bits per heavy atom. The van der Waals surface area contributed by atoms with Crippen LogP contribution in [0.1, 0.15) is 25.7 Å². The third-order valence-corrected chi connectivity index (χ3v) is 5.19. The standard InChI is InChI=1S/C19H26N4O2S/c1-12(2)17-18-21-15(13-6-4-5-7-16(13)25-3)10-22(18)8-9-23(17)19(24)14(20)11-26/h4-7,10,12,14,17,26H,8-9,11,20H2,1-3H3/t14-,17+/m1/s1. The van der Waals surface area contributed by atoms with Crippen LogP contribution in [0.3, 0.4) is 0 Å². The first-order chi connectivity index (χ1) is 12.5. The summed E-state index contributed by atoms with van der Waals surface area (Å²) in [5, 5.41) is 0. The Morgan fingerprint density at radius 3 is 2.77 bits per heavy atom. The summed E-state index contributed by atoms with van der Waals surface area (Å²) in [6, 6.07) is 7.14. The number of methoxy groups -OCH3 is 1. The van der Waals surface area contributed by atoms with Gasteiger partial charge in [-0.25, -0.2) is 4.98 Å². The molecule has 1 aromatic carbocycles. The van der Waals surface area contributed by atoms with Gasteiger partial charge in [-0.15, -0.1) is 0 Å². The lowest BCUT2D eigenvalue weighted by molar-refractivity contribution is -0.137. The van der Waals surface area contributed by atoms with Crippen molar-refractivity contribution in [3.63, 3.8) is 0 Å². The molecular weight excluding hydrogens is 348 g/mol. The van der Waals surface area contributed by atoms with Crippen molar-refractivity contribution in [3.8, 4) is 17.0 Å². The van der Waals surface area contributed by atoms with E-state index in [-0.39, 0.29) is 17.9 Å². The number of nitrogens with zero attached hydrogens (tertiary/aromatic N) is 3. The van der Waals surface area contributed by atoms with Crippen molar-refractivity contribution in [1.29, 1.82) is 0 Å². The first kappa shape index (κ1) is 18.8. The first-order valence-corrected chi connectivity index (χ1v) is 9.48. The molecule has 2 aromatic rings. The summed E-state index contributed by atoms with van der Waals surface area (Å²) in [4.78, 5) is 19.5. The number of imidazole rings is 1. The number of rotatable bonds is 5. The number of amides is 1. The quantitative estimate of drug-likeness (QED) is 0.788. The van der Waals surface area contributed by atoms with Crippen molar-refractivity contribution in [1.82, 2.24) is 14.5 Å². The molecule has 2 atom stereocenters. The van der Waals surface area contributed by atoms with Crippen molar-refractivity contribution in [2.24, 2.45) is 11.7 Å². The number of ether oxygens (including phenoxy) is 1. The Labute approximate surface area is 159 Å². The van der Waals surface area contributed by atoms with Crippen molar-refractivity contribution < 1.29 is 9.53 Å². The molecule has 0 spiro atoms. The summed E-state index contributed by atoms with van der Waals surface area (Å²) >= 11 is 4.18. The molecule has 3 rings (SSSR count). The molecule has 1 aliphatic heterocycles. The van der Waals surface area contributed by atoms with Crippen LogP contribution in [0.2, 0.25) is 0 Å². The van der Waals surface area contributed by atoms with Crippen LogP contribution in [0.25, 0.3) is 11.3 Å². The molecule has 1 aromatic heterocycles. The summed E-state index contributed by atoms with van der Waals surface area (Å²) in [6.45, 7) is 5.53. The van der Waals surface area contributed by atoms with Gasteiger partial charge in [-0.2, -0.15) is 12.6 Å². The molecule has 26 heavy (non-hydrogen) atoms. The Balaban J connectivity index is 2.01. The zero-order chi connectivity index (χ0) is 18.8. The van der Waals surface area contributed by atoms with Crippen LogP contribution in [-0.4, -0.2) is 45.8 Å². The second kappa shape index (κ2) is 7.72. The van der Waals surface area contributed by atoms with Gasteiger partial charge >= 0.3 is 0 Å². The summed E-state index contributed by atoms with van der Waals surface area (Å²) in [7, 11) is 1.66. The van der Waals surface area contributed by atoms with Gasteiger partial charge in [-0.1, -0.05) is 26.0 Å². The van der Waals surface area contributed by atoms with Crippen molar-refractivity contribution >= 4 is 18.5 Å². The number of carbonyl (C=O) groups is 1. The van der Waals surface area contributed by atoms with Crippen LogP contribution in [-0.2, 0) is 11.3 Å². The molecule has 2 N–H and O–H groups in total. The van der Waals surface area contributed by atoms with E-state index >= 15 is 0 Å². The van der Waals surface area contributed by atoms with Gasteiger partial charge in [0.15, 0.2) is 0 Å². The minimum Gasteiger partial charge on any atom is -0.496 e. The SMILES string of the molecule is COc1ccccc1-c1cn2c(n1)[C@H](C(C)C)N(C(=O)[C@H](N)CS)CC2. The average Bonchev–Trinajstić information content (AvgIpc) is 3.09. The molecule has 1 amide bonds. The van der Waals surface area contributed by atoms with Gasteiger partial charge in [-0.3, -0.25) is 4.79 Å². The topological polar surface area (TPSA) is 73.4 Å². The predicted molar refractivity (Wildman–Crippen MR) is 105 cm³/mol. The van der Waals surface area contributed by atoms with Gasteiger partial charge in [0.25, 0.3) is 0 Å². The van der Waals surface area contributed by atoms with Crippen LogP contribution in [0.15, 0.2) is 30.5 Å². The number of fused-ring (bicyclic) bond motifs is 1. The zero-order valence-electron chi connectivity index (χ0n) is 15.4. The second-order valence-corrected chi connectivity index (χ2v) is 7.25. The van der Waals surface area contributed by atoms with Crippen LogP contribution >= 0.6 is 12.6 Å². The van der Waals surface area contributed by atoms with Crippen molar-refractivity contribution in [3.05, 3.63) is 36.3 Å². The summed E-state index contributed by atoms with van der Waals surface area (Å²) < 4.78 is 7.61. The highest BCUT2D eigenvalue weighted by Gasteiger charge is 2.36. The first-order valence-electron chi connectivity index (χ1n) is 8.85. The maximum Gasteiger partial charge on any atom is 0.241 e. The number of aromatic nitrogens is 2. The summed E-state index contributed by atoms with van der Waals surface area (Å²) in [5.41, 5.74) is 7.76. The van der Waals surface area contributed by atoms with Gasteiger partial charge < -0.3 is 19.9 Å². The number of thiol groups is 1. The smallest absolute Gasteiger partial charge is 0.241 e. The van der Waals surface area contributed by atoms with Gasteiger partial charge in [0.2, 0.25) is 5.91 Å². The molecule has 140 valence electrons. The van der Waals surface area contributed by atoms with E-state index < -0.39 is 6.04 Å². The molecule has 0 unspecified atom stereocenters. The monoisotopic (exact) mass is 374 g/mol. The fourth-order valence-corrected chi connectivity index (χ4v) is 3.68. The van der Waals surface area contributed by atoms with E-state index in [0.717, 1.165) is 22.8 Å². The molecule has 7 heteroatoms. The highest BCUT2D eigenvalue weighted by Crippen LogP contribution is 2.36. The van der Waals surface area contributed by atoms with Crippen LogP contribution in [0, 0.1) is 5.92 Å². The van der Waals surface area contributed by atoms with Crippen molar-refractivity contribution in [2.75, 3.05) is 19.4 Å². The fourth-order valence-electron chi connectivity index (χ4n) is 3.52. The Hall–Kier alpha value is -1.99.